The Kier molecular flexibility index (Phi) is 6.25. The molecule has 3 nitrogen and oxygen atoms in total. The van der Waals surface area contributed by atoms with Crippen LogP contribution in [0.3, 0.4) is 0 Å². The van der Waals surface area contributed by atoms with Gasteiger partial charge in [0.25, 0.3) is 0 Å². The van der Waals surface area contributed by atoms with Crippen LogP contribution in [0.5, 0.6) is 11.5 Å². The lowest BCUT2D eigenvalue weighted by atomic mass is 9.98. The zero-order chi connectivity index (χ0) is 14.2. The molecule has 0 radical (unpaired) electrons. The minimum absolute atomic E-state index is 0.757. The SMILES string of the molecule is COc1ccnc(CSCCC2=CCCCC2)c1OC. The van der Waals surface area contributed by atoms with Gasteiger partial charge in [0.15, 0.2) is 11.5 Å². The molecule has 0 aliphatic heterocycles. The van der Waals surface area contributed by atoms with Gasteiger partial charge in [0.2, 0.25) is 0 Å². The highest BCUT2D eigenvalue weighted by Crippen LogP contribution is 2.31. The number of nitrogens with zero attached hydrogens (tertiary/aromatic N) is 1. The van der Waals surface area contributed by atoms with Crippen LogP contribution in [-0.2, 0) is 5.75 Å². The van der Waals surface area contributed by atoms with Gasteiger partial charge in [-0.15, -0.1) is 0 Å². The quantitative estimate of drug-likeness (QED) is 0.556. The fraction of sp³-hybridized carbons (Fsp3) is 0.562. The van der Waals surface area contributed by atoms with Gasteiger partial charge in [-0.3, -0.25) is 4.98 Å². The molecule has 0 atom stereocenters. The van der Waals surface area contributed by atoms with Gasteiger partial charge in [-0.2, -0.15) is 11.8 Å². The van der Waals surface area contributed by atoms with Crippen molar-refractivity contribution in [1.29, 1.82) is 0 Å². The van der Waals surface area contributed by atoms with Crippen molar-refractivity contribution >= 4 is 11.8 Å². The van der Waals surface area contributed by atoms with Crippen molar-refractivity contribution in [1.82, 2.24) is 4.98 Å². The lowest BCUT2D eigenvalue weighted by molar-refractivity contribution is 0.350. The Morgan fingerprint density at radius 2 is 2.15 bits per heavy atom. The molecule has 0 spiro atoms. The second kappa shape index (κ2) is 8.20. The van der Waals surface area contributed by atoms with Crippen molar-refractivity contribution in [3.05, 3.63) is 29.6 Å². The third-order valence-electron chi connectivity index (χ3n) is 3.56. The number of ether oxygens (including phenoxy) is 2. The van der Waals surface area contributed by atoms with Crippen LogP contribution in [0, 0.1) is 0 Å². The average molecular weight is 293 g/mol. The molecule has 0 bridgehead atoms. The predicted octanol–water partition coefficient (Wildman–Crippen LogP) is 4.22. The average Bonchev–Trinajstić information content (AvgIpc) is 2.52. The third-order valence-corrected chi connectivity index (χ3v) is 4.53. The number of pyridine rings is 1. The van der Waals surface area contributed by atoms with Crippen molar-refractivity contribution in [2.24, 2.45) is 0 Å². The van der Waals surface area contributed by atoms with E-state index < -0.39 is 0 Å². The number of allylic oxidation sites excluding steroid dienone is 2. The van der Waals surface area contributed by atoms with E-state index in [4.69, 9.17) is 9.47 Å². The molecule has 1 aromatic heterocycles. The van der Waals surface area contributed by atoms with E-state index in [9.17, 15) is 0 Å². The molecular formula is C16H23NO2S. The van der Waals surface area contributed by atoms with Gasteiger partial charge >= 0.3 is 0 Å². The van der Waals surface area contributed by atoms with Gasteiger partial charge in [-0.1, -0.05) is 11.6 Å². The summed E-state index contributed by atoms with van der Waals surface area (Å²) in [5, 5.41) is 0. The van der Waals surface area contributed by atoms with Gasteiger partial charge in [-0.25, -0.2) is 0 Å². The Morgan fingerprint density at radius 1 is 1.25 bits per heavy atom. The Balaban J connectivity index is 1.83. The van der Waals surface area contributed by atoms with Gasteiger partial charge < -0.3 is 9.47 Å². The fourth-order valence-electron chi connectivity index (χ4n) is 2.46. The van der Waals surface area contributed by atoms with Gasteiger partial charge in [-0.05, 0) is 37.9 Å². The predicted molar refractivity (Wildman–Crippen MR) is 84.7 cm³/mol. The maximum atomic E-state index is 5.40. The van der Waals surface area contributed by atoms with Gasteiger partial charge in [0.1, 0.15) is 0 Å². The zero-order valence-corrected chi connectivity index (χ0v) is 13.2. The van der Waals surface area contributed by atoms with E-state index in [0.717, 1.165) is 28.7 Å². The van der Waals surface area contributed by atoms with Gasteiger partial charge in [0.05, 0.1) is 19.9 Å². The minimum atomic E-state index is 0.757. The van der Waals surface area contributed by atoms with Gasteiger partial charge in [0, 0.05) is 18.0 Å². The molecular weight excluding hydrogens is 270 g/mol. The smallest absolute Gasteiger partial charge is 0.183 e. The molecule has 0 saturated heterocycles. The van der Waals surface area contributed by atoms with E-state index >= 15 is 0 Å². The summed E-state index contributed by atoms with van der Waals surface area (Å²) in [4.78, 5) is 4.40. The summed E-state index contributed by atoms with van der Waals surface area (Å²) in [5.41, 5.74) is 2.60. The highest BCUT2D eigenvalue weighted by Gasteiger charge is 2.11. The van der Waals surface area contributed by atoms with E-state index in [-0.39, 0.29) is 0 Å². The standard InChI is InChI=1S/C16H23NO2S/c1-18-15-8-10-17-14(16(15)19-2)12-20-11-9-13-6-4-3-5-7-13/h6,8,10H,3-5,7,9,11-12H2,1-2H3. The summed E-state index contributed by atoms with van der Waals surface area (Å²) in [6, 6.07) is 1.83. The molecule has 1 aliphatic carbocycles. The summed E-state index contributed by atoms with van der Waals surface area (Å²) in [5.74, 6) is 3.54. The molecule has 1 aliphatic rings. The molecule has 110 valence electrons. The zero-order valence-electron chi connectivity index (χ0n) is 12.4. The van der Waals surface area contributed by atoms with Crippen molar-refractivity contribution < 1.29 is 9.47 Å². The van der Waals surface area contributed by atoms with Crippen LogP contribution in [-0.4, -0.2) is 25.0 Å². The largest absolute Gasteiger partial charge is 0.493 e. The number of thioether (sulfide) groups is 1. The second-order valence-corrected chi connectivity index (χ2v) is 6.01. The molecule has 0 saturated carbocycles. The molecule has 4 heteroatoms. The lowest BCUT2D eigenvalue weighted by Crippen LogP contribution is -1.98. The third kappa shape index (κ3) is 4.17. The molecule has 0 N–H and O–H groups in total. The highest BCUT2D eigenvalue weighted by molar-refractivity contribution is 7.98. The van der Waals surface area contributed by atoms with Crippen LogP contribution in [0.25, 0.3) is 0 Å². The maximum Gasteiger partial charge on any atom is 0.183 e. The van der Waals surface area contributed by atoms with Crippen molar-refractivity contribution in [3.8, 4) is 11.5 Å². The molecule has 2 rings (SSSR count). The number of hydrogen-bond donors (Lipinski definition) is 0. The minimum Gasteiger partial charge on any atom is -0.493 e. The summed E-state index contributed by atoms with van der Waals surface area (Å²) < 4.78 is 10.7. The number of hydrogen-bond acceptors (Lipinski definition) is 4. The number of methoxy groups -OCH3 is 2. The van der Waals surface area contributed by atoms with E-state index in [1.54, 1.807) is 26.0 Å². The van der Waals surface area contributed by atoms with Crippen molar-refractivity contribution in [3.63, 3.8) is 0 Å². The molecule has 1 aromatic rings. The molecule has 1 heterocycles. The maximum absolute atomic E-state index is 5.40. The first kappa shape index (κ1) is 15.2. The first-order valence-electron chi connectivity index (χ1n) is 7.16. The first-order chi connectivity index (χ1) is 9.85. The number of rotatable bonds is 7. The molecule has 0 unspecified atom stereocenters. The first-order valence-corrected chi connectivity index (χ1v) is 8.32. The summed E-state index contributed by atoms with van der Waals surface area (Å²) in [6.07, 6.45) is 10.7. The normalized spacial score (nSPS) is 14.8. The highest BCUT2D eigenvalue weighted by atomic mass is 32.2. The summed E-state index contributed by atoms with van der Waals surface area (Å²) in [7, 11) is 3.32. The van der Waals surface area contributed by atoms with Crippen LogP contribution in [0.15, 0.2) is 23.9 Å². The summed E-state index contributed by atoms with van der Waals surface area (Å²) >= 11 is 1.91. The molecule has 0 aromatic carbocycles. The Labute approximate surface area is 125 Å². The molecule has 0 fully saturated rings. The Morgan fingerprint density at radius 3 is 2.85 bits per heavy atom. The van der Waals surface area contributed by atoms with Crippen LogP contribution in [0.4, 0.5) is 0 Å². The topological polar surface area (TPSA) is 31.4 Å². The Bertz CT molecular complexity index is 460. The molecule has 0 amide bonds. The van der Waals surface area contributed by atoms with E-state index in [1.807, 2.05) is 17.8 Å². The van der Waals surface area contributed by atoms with E-state index in [2.05, 4.69) is 11.1 Å². The van der Waals surface area contributed by atoms with E-state index in [0.29, 0.717) is 0 Å². The summed E-state index contributed by atoms with van der Waals surface area (Å²) in [6.45, 7) is 0. The van der Waals surface area contributed by atoms with Crippen molar-refractivity contribution in [2.75, 3.05) is 20.0 Å². The van der Waals surface area contributed by atoms with Crippen molar-refractivity contribution in [2.45, 2.75) is 37.9 Å². The molecule has 20 heavy (non-hydrogen) atoms. The van der Waals surface area contributed by atoms with E-state index in [1.165, 1.54) is 32.1 Å². The van der Waals surface area contributed by atoms with Crippen LogP contribution >= 0.6 is 11.8 Å². The van der Waals surface area contributed by atoms with Crippen LogP contribution < -0.4 is 9.47 Å². The van der Waals surface area contributed by atoms with Crippen LogP contribution in [0.2, 0.25) is 0 Å². The fourth-order valence-corrected chi connectivity index (χ4v) is 3.41. The monoisotopic (exact) mass is 293 g/mol. The Hall–Kier alpha value is -1.16. The second-order valence-electron chi connectivity index (χ2n) is 4.90. The number of aromatic nitrogens is 1. The lowest BCUT2D eigenvalue weighted by Gasteiger charge is -2.13. The van der Waals surface area contributed by atoms with Crippen LogP contribution in [0.1, 0.15) is 37.8 Å².